The topological polar surface area (TPSA) is 83.2 Å². The summed E-state index contributed by atoms with van der Waals surface area (Å²) in [6.07, 6.45) is 1.26. The quantitative estimate of drug-likeness (QED) is 0.461. The van der Waals surface area contributed by atoms with E-state index in [9.17, 15) is 13.5 Å². The van der Waals surface area contributed by atoms with Crippen molar-refractivity contribution in [2.24, 2.45) is 0 Å². The van der Waals surface area contributed by atoms with Crippen molar-refractivity contribution >= 4 is 44.2 Å². The van der Waals surface area contributed by atoms with E-state index in [4.69, 9.17) is 32.4 Å². The standard InChI is InChI=1S/C24H28Cl2N2O5S/c1-27(2)34(30,31)24-13-19-22(4-3-5-23(19)33-24)32-15-18(29)14-28-10-8-16(9-11-28)17-6-7-20(25)21(26)12-17/h3-7,12-13,16,18,29H,8-11,14-15H2,1-2H3/t18-/m0/s1. The van der Waals surface area contributed by atoms with Crippen LogP contribution in [-0.4, -0.2) is 69.2 Å². The number of sulfonamides is 1. The highest BCUT2D eigenvalue weighted by Gasteiger charge is 2.25. The summed E-state index contributed by atoms with van der Waals surface area (Å²) in [4.78, 5) is 2.22. The molecule has 0 radical (unpaired) electrons. The van der Waals surface area contributed by atoms with Gasteiger partial charge in [0.15, 0.2) is 0 Å². The predicted molar refractivity (Wildman–Crippen MR) is 133 cm³/mol. The number of hydrogen-bond donors (Lipinski definition) is 1. The number of β-amino-alcohol motifs (C(OH)–C–C–N with tert-alkyl or cyclic N) is 1. The summed E-state index contributed by atoms with van der Waals surface area (Å²) in [6, 6.07) is 12.4. The summed E-state index contributed by atoms with van der Waals surface area (Å²) in [5.41, 5.74) is 1.61. The average molecular weight is 527 g/mol. The lowest BCUT2D eigenvalue weighted by Gasteiger charge is -2.33. The third kappa shape index (κ3) is 5.53. The lowest BCUT2D eigenvalue weighted by molar-refractivity contribution is 0.0599. The van der Waals surface area contributed by atoms with Gasteiger partial charge in [-0.1, -0.05) is 35.3 Å². The van der Waals surface area contributed by atoms with Crippen LogP contribution in [0.25, 0.3) is 11.0 Å². The third-order valence-corrected chi connectivity index (χ3v) is 8.55. The van der Waals surface area contributed by atoms with Gasteiger partial charge >= 0.3 is 0 Å². The van der Waals surface area contributed by atoms with Crippen LogP contribution in [0, 0.1) is 0 Å². The molecule has 1 N–H and O–H groups in total. The summed E-state index contributed by atoms with van der Waals surface area (Å²) < 4.78 is 37.2. The van der Waals surface area contributed by atoms with E-state index in [0.717, 1.165) is 30.2 Å². The molecule has 184 valence electrons. The van der Waals surface area contributed by atoms with E-state index < -0.39 is 16.1 Å². The number of furan rings is 1. The maximum Gasteiger partial charge on any atom is 0.275 e. The fourth-order valence-corrected chi connectivity index (χ4v) is 5.32. The molecule has 0 unspecified atom stereocenters. The fraction of sp³-hybridized carbons (Fsp3) is 0.417. The summed E-state index contributed by atoms with van der Waals surface area (Å²) in [7, 11) is -0.798. The monoisotopic (exact) mass is 526 g/mol. The number of nitrogens with zero attached hydrogens (tertiary/aromatic N) is 2. The van der Waals surface area contributed by atoms with Gasteiger partial charge in [-0.25, -0.2) is 12.7 Å². The molecule has 1 atom stereocenters. The van der Waals surface area contributed by atoms with E-state index in [1.54, 1.807) is 18.2 Å². The van der Waals surface area contributed by atoms with Crippen molar-refractivity contribution < 1.29 is 22.7 Å². The molecule has 0 saturated carbocycles. The highest BCUT2D eigenvalue weighted by Crippen LogP contribution is 2.33. The van der Waals surface area contributed by atoms with Gasteiger partial charge in [0.05, 0.1) is 15.4 Å². The van der Waals surface area contributed by atoms with Crippen LogP contribution >= 0.6 is 23.2 Å². The average Bonchev–Trinajstić information content (AvgIpc) is 3.26. The Labute approximate surface area is 209 Å². The lowest BCUT2D eigenvalue weighted by atomic mass is 9.89. The molecule has 0 amide bonds. The number of fused-ring (bicyclic) bond motifs is 1. The molecule has 4 rings (SSSR count). The fourth-order valence-electron chi connectivity index (χ4n) is 4.20. The maximum atomic E-state index is 12.4. The number of ether oxygens (including phenoxy) is 1. The van der Waals surface area contributed by atoms with Gasteiger partial charge in [-0.15, -0.1) is 0 Å². The van der Waals surface area contributed by atoms with Gasteiger partial charge in [0.1, 0.15) is 24.0 Å². The predicted octanol–water partition coefficient (Wildman–Crippen LogP) is 4.61. The maximum absolute atomic E-state index is 12.4. The lowest BCUT2D eigenvalue weighted by Crippen LogP contribution is -2.40. The molecule has 1 saturated heterocycles. The van der Waals surface area contributed by atoms with Crippen molar-refractivity contribution in [3.8, 4) is 5.75 Å². The number of likely N-dealkylation sites (tertiary alicyclic amines) is 1. The van der Waals surface area contributed by atoms with Crippen molar-refractivity contribution in [1.82, 2.24) is 9.21 Å². The Bertz CT molecular complexity index is 1250. The van der Waals surface area contributed by atoms with Crippen LogP contribution in [0.15, 0.2) is 52.0 Å². The molecule has 3 aromatic rings. The van der Waals surface area contributed by atoms with Gasteiger partial charge in [0.2, 0.25) is 5.09 Å². The van der Waals surface area contributed by atoms with Gasteiger partial charge < -0.3 is 19.2 Å². The van der Waals surface area contributed by atoms with E-state index in [1.807, 2.05) is 18.2 Å². The van der Waals surface area contributed by atoms with Crippen LogP contribution in [0.3, 0.4) is 0 Å². The number of aliphatic hydroxyl groups excluding tert-OH is 1. The van der Waals surface area contributed by atoms with Crippen LogP contribution in [0.4, 0.5) is 0 Å². The Kier molecular flexibility index (Phi) is 7.76. The Hall–Kier alpha value is -1.81. The largest absolute Gasteiger partial charge is 0.490 e. The van der Waals surface area contributed by atoms with Gasteiger partial charge in [0, 0.05) is 26.7 Å². The van der Waals surface area contributed by atoms with E-state index in [2.05, 4.69) is 4.90 Å². The zero-order valence-electron chi connectivity index (χ0n) is 19.1. The Balaban J connectivity index is 1.32. The highest BCUT2D eigenvalue weighted by atomic mass is 35.5. The molecule has 1 aliphatic rings. The molecule has 2 heterocycles. The first kappa shape index (κ1) is 25.3. The second-order valence-corrected chi connectivity index (χ2v) is 11.6. The Morgan fingerprint density at radius 1 is 1.15 bits per heavy atom. The van der Waals surface area contributed by atoms with Gasteiger partial charge in [0.25, 0.3) is 10.0 Å². The van der Waals surface area contributed by atoms with E-state index in [-0.39, 0.29) is 11.7 Å². The van der Waals surface area contributed by atoms with Crippen LogP contribution in [0.1, 0.15) is 24.3 Å². The number of piperidine rings is 1. The summed E-state index contributed by atoms with van der Waals surface area (Å²) >= 11 is 12.2. The van der Waals surface area contributed by atoms with Gasteiger partial charge in [-0.05, 0) is 61.7 Å². The summed E-state index contributed by atoms with van der Waals surface area (Å²) in [5.74, 6) is 0.893. The van der Waals surface area contributed by atoms with Gasteiger partial charge in [-0.3, -0.25) is 0 Å². The van der Waals surface area contributed by atoms with Crippen molar-refractivity contribution in [1.29, 1.82) is 0 Å². The molecule has 1 fully saturated rings. The van der Waals surface area contributed by atoms with Crippen LogP contribution in [-0.2, 0) is 10.0 Å². The number of hydrogen-bond acceptors (Lipinski definition) is 6. The zero-order chi connectivity index (χ0) is 24.5. The number of aliphatic hydroxyl groups is 1. The third-order valence-electron chi connectivity index (χ3n) is 6.14. The first-order valence-electron chi connectivity index (χ1n) is 11.1. The molecule has 2 aromatic carbocycles. The molecule has 34 heavy (non-hydrogen) atoms. The Morgan fingerprint density at radius 2 is 1.88 bits per heavy atom. The second-order valence-electron chi connectivity index (χ2n) is 8.73. The summed E-state index contributed by atoms with van der Waals surface area (Å²) in [5, 5.41) is 12.1. The van der Waals surface area contributed by atoms with Crippen molar-refractivity contribution in [3.05, 3.63) is 58.1 Å². The second kappa shape index (κ2) is 10.4. The van der Waals surface area contributed by atoms with Crippen LogP contribution in [0.5, 0.6) is 5.75 Å². The van der Waals surface area contributed by atoms with Crippen LogP contribution < -0.4 is 4.74 Å². The summed E-state index contributed by atoms with van der Waals surface area (Å²) in [6.45, 7) is 2.32. The number of benzene rings is 2. The molecular formula is C24H28Cl2N2O5S. The number of rotatable bonds is 8. The number of halogens is 2. The van der Waals surface area contributed by atoms with Crippen molar-refractivity contribution in [3.63, 3.8) is 0 Å². The molecule has 1 aromatic heterocycles. The Morgan fingerprint density at radius 3 is 2.56 bits per heavy atom. The molecule has 7 nitrogen and oxygen atoms in total. The van der Waals surface area contributed by atoms with E-state index in [0.29, 0.717) is 39.2 Å². The molecule has 10 heteroatoms. The minimum absolute atomic E-state index is 0.0901. The van der Waals surface area contributed by atoms with Crippen molar-refractivity contribution in [2.45, 2.75) is 30.0 Å². The smallest absolute Gasteiger partial charge is 0.275 e. The molecule has 0 aliphatic carbocycles. The minimum Gasteiger partial charge on any atom is -0.490 e. The molecular weight excluding hydrogens is 499 g/mol. The van der Waals surface area contributed by atoms with E-state index in [1.165, 1.54) is 25.7 Å². The zero-order valence-corrected chi connectivity index (χ0v) is 21.4. The molecule has 0 spiro atoms. The first-order chi connectivity index (χ1) is 16.1. The minimum atomic E-state index is -3.69. The van der Waals surface area contributed by atoms with E-state index >= 15 is 0 Å². The molecule has 1 aliphatic heterocycles. The highest BCUT2D eigenvalue weighted by molar-refractivity contribution is 7.89. The first-order valence-corrected chi connectivity index (χ1v) is 13.3. The molecule has 0 bridgehead atoms. The van der Waals surface area contributed by atoms with Gasteiger partial charge in [-0.2, -0.15) is 0 Å². The van der Waals surface area contributed by atoms with Crippen molar-refractivity contribution in [2.75, 3.05) is 40.3 Å². The van der Waals surface area contributed by atoms with Crippen LogP contribution in [0.2, 0.25) is 10.0 Å². The SMILES string of the molecule is CN(C)S(=O)(=O)c1cc2c(OC[C@@H](O)CN3CCC(c4ccc(Cl)c(Cl)c4)CC3)cccc2o1. The normalized spacial score (nSPS) is 16.9.